The van der Waals surface area contributed by atoms with Gasteiger partial charge in [-0.05, 0) is 26.7 Å². The minimum atomic E-state index is -4.47. The highest BCUT2D eigenvalue weighted by molar-refractivity contribution is 7.80. The second-order valence-corrected chi connectivity index (χ2v) is 8.09. The molecular weight excluding hydrogens is 440 g/mol. The molecule has 1 unspecified atom stereocenters. The number of unbranched alkanes of at least 4 members (excludes halogenated alkanes) is 5. The van der Waals surface area contributed by atoms with Gasteiger partial charge < -0.3 is 18.8 Å². The van der Waals surface area contributed by atoms with Crippen LogP contribution in [0.25, 0.3) is 0 Å². The van der Waals surface area contributed by atoms with E-state index >= 15 is 0 Å². The molecule has 0 aliphatic heterocycles. The molecule has 0 aliphatic carbocycles. The third-order valence-electron chi connectivity index (χ3n) is 4.31. The van der Waals surface area contributed by atoms with E-state index in [9.17, 15) is 17.8 Å². The maximum atomic E-state index is 12.3. The molecule has 188 valence electrons. The number of imidazole rings is 1. The Labute approximate surface area is 192 Å². The molecule has 0 bridgehead atoms. The van der Waals surface area contributed by atoms with Crippen LogP contribution in [0.3, 0.4) is 0 Å². The number of esters is 1. The lowest BCUT2D eigenvalue weighted by Crippen LogP contribution is -2.51. The van der Waals surface area contributed by atoms with Crippen molar-refractivity contribution in [2.75, 3.05) is 26.4 Å². The van der Waals surface area contributed by atoms with Crippen molar-refractivity contribution in [3.8, 4) is 0 Å². The van der Waals surface area contributed by atoms with E-state index in [1.807, 2.05) is 20.9 Å². The summed E-state index contributed by atoms with van der Waals surface area (Å²) in [5.41, 5.74) is 0. The standard InChI is InChI=1S/C13H22N2O4.C8H18O4S/c1-5-10-19-13(18-7-3,12(16)17-6-2)11-14-8-9-15(11)4;1-2-3-4-5-6-7-8-12-13(9,10)11/h8-9H,5-7,10H2,1-4H3;2-8H2,1H3,(H,9,10,11). The van der Waals surface area contributed by atoms with E-state index in [0.29, 0.717) is 25.5 Å². The number of aromatic amines is 1. The first-order valence-electron chi connectivity index (χ1n) is 11.3. The Morgan fingerprint density at radius 3 is 2.16 bits per heavy atom. The summed E-state index contributed by atoms with van der Waals surface area (Å²) in [6, 6.07) is 0. The molecule has 0 amide bonds. The maximum Gasteiger partial charge on any atom is 0.380 e. The van der Waals surface area contributed by atoms with Crippen LogP contribution >= 0.6 is 0 Å². The van der Waals surface area contributed by atoms with Crippen LogP contribution in [0.1, 0.15) is 78.5 Å². The summed E-state index contributed by atoms with van der Waals surface area (Å²) in [6.07, 6.45) is 10.5. The van der Waals surface area contributed by atoms with Gasteiger partial charge in [0.15, 0.2) is 0 Å². The molecule has 1 atom stereocenters. The van der Waals surface area contributed by atoms with E-state index < -0.39 is 22.2 Å². The Kier molecular flexibility index (Phi) is 16.2. The molecule has 0 saturated heterocycles. The summed E-state index contributed by atoms with van der Waals surface area (Å²) in [6.45, 7) is 8.70. The third kappa shape index (κ3) is 11.9. The molecule has 1 aromatic rings. The molecule has 0 spiro atoms. The first-order chi connectivity index (χ1) is 15.2. The van der Waals surface area contributed by atoms with Gasteiger partial charge in [0, 0.05) is 6.61 Å². The number of aryl methyl sites for hydroxylation is 1. The second kappa shape index (κ2) is 17.0. The Hall–Kier alpha value is -1.53. The van der Waals surface area contributed by atoms with Gasteiger partial charge in [-0.1, -0.05) is 46.0 Å². The van der Waals surface area contributed by atoms with Gasteiger partial charge >= 0.3 is 17.6 Å². The van der Waals surface area contributed by atoms with Gasteiger partial charge in [-0.15, -0.1) is 0 Å². The van der Waals surface area contributed by atoms with Gasteiger partial charge in [0.1, 0.15) is 12.4 Å². The van der Waals surface area contributed by atoms with E-state index in [-0.39, 0.29) is 13.2 Å². The molecule has 0 radical (unpaired) electrons. The fraction of sp³-hybridized carbons (Fsp3) is 0.810. The van der Waals surface area contributed by atoms with E-state index in [1.165, 1.54) is 19.3 Å². The molecule has 11 heteroatoms. The van der Waals surface area contributed by atoms with Gasteiger partial charge in [-0.25, -0.2) is 22.8 Å². The number of ether oxygens (including phenoxy) is 3. The summed E-state index contributed by atoms with van der Waals surface area (Å²) in [5, 5.41) is 0. The monoisotopic (exact) mass is 480 g/mol. The van der Waals surface area contributed by atoms with Crippen LogP contribution in [0.15, 0.2) is 12.4 Å². The van der Waals surface area contributed by atoms with Crippen molar-refractivity contribution >= 4 is 16.4 Å². The van der Waals surface area contributed by atoms with Gasteiger partial charge in [0.25, 0.3) is 0 Å². The average Bonchev–Trinajstić information content (AvgIpc) is 3.16. The molecule has 1 heterocycles. The smallest absolute Gasteiger partial charge is 0.380 e. The number of carbonyl (C=O) groups excluding carboxylic acids is 1. The topological polar surface area (TPSA) is 131 Å². The van der Waals surface area contributed by atoms with Crippen molar-refractivity contribution in [3.05, 3.63) is 18.2 Å². The SMILES string of the molecule is CCCCCCCCOS(=O)(=O)[O-].CCCOC(OCC)(C(=O)OCC)c1[nH]cc[n+]1C. The molecule has 0 aromatic carbocycles. The molecule has 0 aliphatic rings. The zero-order valence-corrected chi connectivity index (χ0v) is 20.9. The van der Waals surface area contributed by atoms with Crippen LogP contribution < -0.4 is 4.57 Å². The van der Waals surface area contributed by atoms with Crippen LogP contribution in [-0.2, 0) is 46.4 Å². The largest absolute Gasteiger partial charge is 0.726 e. The zero-order chi connectivity index (χ0) is 24.5. The fourth-order valence-electron chi connectivity index (χ4n) is 2.84. The van der Waals surface area contributed by atoms with E-state index in [0.717, 1.165) is 19.3 Å². The number of rotatable bonds is 16. The molecular formula is C21H40N2O8S. The first-order valence-corrected chi connectivity index (χ1v) is 12.6. The highest BCUT2D eigenvalue weighted by Gasteiger charge is 2.52. The minimum Gasteiger partial charge on any atom is -0.726 e. The molecule has 1 aromatic heterocycles. The number of hydrogen-bond acceptors (Lipinski definition) is 8. The second-order valence-electron chi connectivity index (χ2n) is 7.04. The minimum absolute atomic E-state index is 0.0258. The lowest BCUT2D eigenvalue weighted by molar-refractivity contribution is -0.689. The zero-order valence-electron chi connectivity index (χ0n) is 20.1. The lowest BCUT2D eigenvalue weighted by atomic mass is 10.1. The summed E-state index contributed by atoms with van der Waals surface area (Å²) in [7, 11) is -2.66. The normalized spacial score (nSPS) is 13.2. The van der Waals surface area contributed by atoms with Gasteiger partial charge in [0.2, 0.25) is 10.4 Å². The predicted octanol–water partition coefficient (Wildman–Crippen LogP) is 2.84. The van der Waals surface area contributed by atoms with Crippen LogP contribution in [0.2, 0.25) is 0 Å². The number of nitrogens with zero attached hydrogens (tertiary/aromatic N) is 1. The van der Waals surface area contributed by atoms with Crippen molar-refractivity contribution in [2.24, 2.45) is 7.05 Å². The highest BCUT2D eigenvalue weighted by atomic mass is 32.3. The van der Waals surface area contributed by atoms with Crippen molar-refractivity contribution < 1.29 is 40.7 Å². The lowest BCUT2D eigenvalue weighted by Gasteiger charge is -2.26. The van der Waals surface area contributed by atoms with Gasteiger partial charge in [-0.3, -0.25) is 4.18 Å². The first kappa shape index (κ1) is 30.5. The van der Waals surface area contributed by atoms with E-state index in [1.54, 1.807) is 23.9 Å². The summed E-state index contributed by atoms with van der Waals surface area (Å²) in [4.78, 5) is 15.3. The van der Waals surface area contributed by atoms with Crippen LogP contribution in [0.5, 0.6) is 0 Å². The number of hydrogen-bond donors (Lipinski definition) is 1. The van der Waals surface area contributed by atoms with Gasteiger partial charge in [0.05, 0.1) is 26.9 Å². The number of H-pyrrole nitrogens is 1. The third-order valence-corrected chi connectivity index (χ3v) is 4.76. The maximum absolute atomic E-state index is 12.3. The summed E-state index contributed by atoms with van der Waals surface area (Å²) >= 11 is 0. The Bertz CT molecular complexity index is 723. The van der Waals surface area contributed by atoms with Crippen molar-refractivity contribution in [1.29, 1.82) is 0 Å². The summed E-state index contributed by atoms with van der Waals surface area (Å²) < 4.78 is 52.2. The van der Waals surface area contributed by atoms with Crippen LogP contribution in [0, 0.1) is 0 Å². The molecule has 0 saturated carbocycles. The Morgan fingerprint density at radius 1 is 1.00 bits per heavy atom. The van der Waals surface area contributed by atoms with Crippen LogP contribution in [-0.4, -0.2) is 50.4 Å². The number of nitrogens with one attached hydrogen (secondary N) is 1. The van der Waals surface area contributed by atoms with Crippen LogP contribution in [0.4, 0.5) is 0 Å². The average molecular weight is 481 g/mol. The van der Waals surface area contributed by atoms with Crippen molar-refractivity contribution in [1.82, 2.24) is 4.98 Å². The highest BCUT2D eigenvalue weighted by Crippen LogP contribution is 2.26. The molecule has 1 N–H and O–H groups in total. The Balaban J connectivity index is 0.000000649. The molecule has 32 heavy (non-hydrogen) atoms. The number of carbonyl (C=O) groups is 1. The van der Waals surface area contributed by atoms with Gasteiger partial charge in [-0.2, -0.15) is 0 Å². The summed E-state index contributed by atoms with van der Waals surface area (Å²) in [5.74, 6) is -1.55. The van der Waals surface area contributed by atoms with E-state index in [2.05, 4.69) is 16.1 Å². The molecule has 10 nitrogen and oxygen atoms in total. The number of aromatic nitrogens is 2. The van der Waals surface area contributed by atoms with E-state index in [4.69, 9.17) is 14.2 Å². The quantitative estimate of drug-likeness (QED) is 0.0954. The van der Waals surface area contributed by atoms with Crippen molar-refractivity contribution in [3.63, 3.8) is 0 Å². The molecule has 0 fully saturated rings. The Morgan fingerprint density at radius 2 is 1.66 bits per heavy atom. The van der Waals surface area contributed by atoms with Crippen molar-refractivity contribution in [2.45, 2.75) is 78.4 Å². The molecule has 1 rings (SSSR count). The fourth-order valence-corrected chi connectivity index (χ4v) is 3.16. The predicted molar refractivity (Wildman–Crippen MR) is 117 cm³/mol.